The van der Waals surface area contributed by atoms with Gasteiger partial charge in [-0.05, 0) is 6.92 Å². The van der Waals surface area contributed by atoms with E-state index in [2.05, 4.69) is 10.6 Å². The monoisotopic (exact) mass is 187 g/mol. The Hall–Kier alpha value is -0.650. The van der Waals surface area contributed by atoms with E-state index in [0.29, 0.717) is 19.7 Å². The lowest BCUT2D eigenvalue weighted by molar-refractivity contribution is -0.128. The summed E-state index contributed by atoms with van der Waals surface area (Å²) in [5.41, 5.74) is 5.27. The van der Waals surface area contributed by atoms with Crippen LogP contribution in [0.1, 0.15) is 6.92 Å². The summed E-state index contributed by atoms with van der Waals surface area (Å²) in [4.78, 5) is 11.5. The molecule has 0 radical (unpaired) electrons. The molecule has 1 rings (SSSR count). The molecule has 0 saturated carbocycles. The van der Waals surface area contributed by atoms with Crippen molar-refractivity contribution in [3.05, 3.63) is 0 Å². The van der Waals surface area contributed by atoms with E-state index in [9.17, 15) is 4.79 Å². The molecule has 0 aromatic carbocycles. The van der Waals surface area contributed by atoms with Gasteiger partial charge in [-0.15, -0.1) is 0 Å². The molecule has 5 nitrogen and oxygen atoms in total. The van der Waals surface area contributed by atoms with Crippen molar-refractivity contribution in [2.45, 2.75) is 19.1 Å². The third-order valence-corrected chi connectivity index (χ3v) is 2.04. The normalized spacial score (nSPS) is 28.5. The van der Waals surface area contributed by atoms with Gasteiger partial charge >= 0.3 is 0 Å². The van der Waals surface area contributed by atoms with Gasteiger partial charge in [0, 0.05) is 19.6 Å². The fraction of sp³-hybridized carbons (Fsp3) is 0.875. The fourth-order valence-electron chi connectivity index (χ4n) is 1.33. The molecule has 5 heteroatoms. The second-order valence-electron chi connectivity index (χ2n) is 3.09. The Morgan fingerprint density at radius 3 is 3.15 bits per heavy atom. The number of ether oxygens (including phenoxy) is 1. The van der Waals surface area contributed by atoms with Gasteiger partial charge in [-0.3, -0.25) is 4.79 Å². The van der Waals surface area contributed by atoms with E-state index in [4.69, 9.17) is 10.5 Å². The predicted molar refractivity (Wildman–Crippen MR) is 49.3 cm³/mol. The summed E-state index contributed by atoms with van der Waals surface area (Å²) >= 11 is 0. The maximum absolute atomic E-state index is 11.5. The van der Waals surface area contributed by atoms with Gasteiger partial charge in [0.05, 0.1) is 12.7 Å². The lowest BCUT2D eigenvalue weighted by Gasteiger charge is -2.29. The lowest BCUT2D eigenvalue weighted by Crippen LogP contribution is -2.55. The van der Waals surface area contributed by atoms with E-state index in [1.54, 1.807) is 0 Å². The van der Waals surface area contributed by atoms with E-state index in [-0.39, 0.29) is 18.1 Å². The van der Waals surface area contributed by atoms with Crippen LogP contribution in [-0.2, 0) is 9.53 Å². The standard InChI is InChI=1S/C8H17N3O2/c1-6-7(10-4-5-13-6)8(12)11-3-2-9/h6-7,10H,2-5,9H2,1H3,(H,11,12)/t6-,7+/m1/s1. The molecule has 0 unspecified atom stereocenters. The molecule has 1 aliphatic heterocycles. The molecule has 1 amide bonds. The fourth-order valence-corrected chi connectivity index (χ4v) is 1.33. The summed E-state index contributed by atoms with van der Waals surface area (Å²) < 4.78 is 5.34. The largest absolute Gasteiger partial charge is 0.375 e. The predicted octanol–water partition coefficient (Wildman–Crippen LogP) is -1.56. The molecule has 1 fully saturated rings. The van der Waals surface area contributed by atoms with Crippen LogP contribution in [0.3, 0.4) is 0 Å². The smallest absolute Gasteiger partial charge is 0.239 e. The van der Waals surface area contributed by atoms with Gasteiger partial charge < -0.3 is 21.1 Å². The first-order valence-corrected chi connectivity index (χ1v) is 4.58. The molecule has 0 aromatic rings. The molecular weight excluding hydrogens is 170 g/mol. The second kappa shape index (κ2) is 5.16. The third kappa shape index (κ3) is 2.95. The van der Waals surface area contributed by atoms with Crippen molar-refractivity contribution in [2.24, 2.45) is 5.73 Å². The number of rotatable bonds is 3. The van der Waals surface area contributed by atoms with Crippen molar-refractivity contribution < 1.29 is 9.53 Å². The number of nitrogens with one attached hydrogen (secondary N) is 2. The van der Waals surface area contributed by atoms with Crippen molar-refractivity contribution >= 4 is 5.91 Å². The first-order chi connectivity index (χ1) is 6.25. The lowest BCUT2D eigenvalue weighted by atomic mass is 10.1. The highest BCUT2D eigenvalue weighted by molar-refractivity contribution is 5.82. The highest BCUT2D eigenvalue weighted by atomic mass is 16.5. The Balaban J connectivity index is 2.35. The van der Waals surface area contributed by atoms with E-state index in [1.807, 2.05) is 6.92 Å². The van der Waals surface area contributed by atoms with Gasteiger partial charge in [0.15, 0.2) is 0 Å². The quantitative estimate of drug-likeness (QED) is 0.499. The van der Waals surface area contributed by atoms with E-state index in [0.717, 1.165) is 6.54 Å². The van der Waals surface area contributed by atoms with Crippen LogP contribution in [-0.4, -0.2) is 44.3 Å². The minimum Gasteiger partial charge on any atom is -0.375 e. The maximum Gasteiger partial charge on any atom is 0.239 e. The zero-order valence-electron chi connectivity index (χ0n) is 7.88. The molecule has 0 spiro atoms. The molecule has 0 bridgehead atoms. The molecule has 1 heterocycles. The minimum atomic E-state index is -0.236. The van der Waals surface area contributed by atoms with E-state index >= 15 is 0 Å². The number of hydrogen-bond donors (Lipinski definition) is 3. The molecule has 2 atom stereocenters. The maximum atomic E-state index is 11.5. The van der Waals surface area contributed by atoms with Crippen molar-refractivity contribution in [1.82, 2.24) is 10.6 Å². The van der Waals surface area contributed by atoms with Gasteiger partial charge in [0.25, 0.3) is 0 Å². The molecule has 1 saturated heterocycles. The summed E-state index contributed by atoms with van der Waals surface area (Å²) in [6.07, 6.45) is -0.0634. The van der Waals surface area contributed by atoms with Crippen LogP contribution in [0.4, 0.5) is 0 Å². The van der Waals surface area contributed by atoms with Gasteiger partial charge in [0.2, 0.25) is 5.91 Å². The Morgan fingerprint density at radius 1 is 1.77 bits per heavy atom. The van der Waals surface area contributed by atoms with Crippen molar-refractivity contribution in [3.63, 3.8) is 0 Å². The number of hydrogen-bond acceptors (Lipinski definition) is 4. The first kappa shape index (κ1) is 10.4. The van der Waals surface area contributed by atoms with E-state index < -0.39 is 0 Å². The van der Waals surface area contributed by atoms with Crippen LogP contribution < -0.4 is 16.4 Å². The van der Waals surface area contributed by atoms with E-state index in [1.165, 1.54) is 0 Å². The van der Waals surface area contributed by atoms with Crippen LogP contribution in [0.15, 0.2) is 0 Å². The Kier molecular flexibility index (Phi) is 4.14. The van der Waals surface area contributed by atoms with Gasteiger partial charge in [0.1, 0.15) is 6.04 Å². The van der Waals surface area contributed by atoms with Crippen LogP contribution in [0.5, 0.6) is 0 Å². The molecule has 76 valence electrons. The van der Waals surface area contributed by atoms with Crippen LogP contribution in [0.2, 0.25) is 0 Å². The number of amides is 1. The minimum absolute atomic E-state index is 0.0300. The molecule has 0 aromatic heterocycles. The van der Waals surface area contributed by atoms with Crippen LogP contribution in [0.25, 0.3) is 0 Å². The highest BCUT2D eigenvalue weighted by Crippen LogP contribution is 2.03. The Bertz CT molecular complexity index is 175. The van der Waals surface area contributed by atoms with Crippen molar-refractivity contribution in [2.75, 3.05) is 26.2 Å². The highest BCUT2D eigenvalue weighted by Gasteiger charge is 2.27. The Morgan fingerprint density at radius 2 is 2.54 bits per heavy atom. The number of carbonyl (C=O) groups excluding carboxylic acids is 1. The molecule has 13 heavy (non-hydrogen) atoms. The molecule has 4 N–H and O–H groups in total. The molecular formula is C8H17N3O2. The van der Waals surface area contributed by atoms with Crippen LogP contribution in [0, 0.1) is 0 Å². The summed E-state index contributed by atoms with van der Waals surface area (Å²) in [6, 6.07) is -0.236. The second-order valence-corrected chi connectivity index (χ2v) is 3.09. The first-order valence-electron chi connectivity index (χ1n) is 4.58. The van der Waals surface area contributed by atoms with Gasteiger partial charge in [-0.1, -0.05) is 0 Å². The average Bonchev–Trinajstić information content (AvgIpc) is 2.15. The summed E-state index contributed by atoms with van der Waals surface area (Å²) in [5, 5.41) is 5.83. The summed E-state index contributed by atoms with van der Waals surface area (Å²) in [5.74, 6) is -0.0300. The van der Waals surface area contributed by atoms with Crippen molar-refractivity contribution in [3.8, 4) is 0 Å². The van der Waals surface area contributed by atoms with Crippen LogP contribution >= 0.6 is 0 Å². The summed E-state index contributed by atoms with van der Waals surface area (Å²) in [6.45, 7) is 4.27. The SMILES string of the molecule is C[C@H]1OCCN[C@@H]1C(=O)NCCN. The zero-order valence-corrected chi connectivity index (χ0v) is 7.88. The molecule has 0 aliphatic carbocycles. The third-order valence-electron chi connectivity index (χ3n) is 2.04. The summed E-state index contributed by atoms with van der Waals surface area (Å²) in [7, 11) is 0. The van der Waals surface area contributed by atoms with Crippen molar-refractivity contribution in [1.29, 1.82) is 0 Å². The number of nitrogens with two attached hydrogens (primary N) is 1. The number of carbonyl (C=O) groups is 1. The number of morpholine rings is 1. The average molecular weight is 187 g/mol. The van der Waals surface area contributed by atoms with Gasteiger partial charge in [-0.2, -0.15) is 0 Å². The topological polar surface area (TPSA) is 76.4 Å². The molecule has 1 aliphatic rings. The zero-order chi connectivity index (χ0) is 9.68. The Labute approximate surface area is 78.0 Å². The van der Waals surface area contributed by atoms with Gasteiger partial charge in [-0.25, -0.2) is 0 Å².